The SMILES string of the molecule is CC(=O)NCCNC(=O)CCC(=O)NC(C)(CN)CC(C)C.Cl. The first-order valence-corrected chi connectivity index (χ1v) is 7.70. The minimum Gasteiger partial charge on any atom is -0.355 e. The number of carbonyl (C=O) groups is 3. The summed E-state index contributed by atoms with van der Waals surface area (Å²) >= 11 is 0. The van der Waals surface area contributed by atoms with E-state index in [0.717, 1.165) is 6.42 Å². The molecule has 0 aliphatic heterocycles. The molecular weight excluding hydrogens is 320 g/mol. The Hall–Kier alpha value is -1.34. The van der Waals surface area contributed by atoms with E-state index in [4.69, 9.17) is 5.73 Å². The van der Waals surface area contributed by atoms with Crippen LogP contribution in [0.25, 0.3) is 0 Å². The smallest absolute Gasteiger partial charge is 0.220 e. The quantitative estimate of drug-likeness (QED) is 0.425. The van der Waals surface area contributed by atoms with Gasteiger partial charge in [-0.3, -0.25) is 14.4 Å². The van der Waals surface area contributed by atoms with E-state index in [1.807, 2.05) is 6.92 Å². The highest BCUT2D eigenvalue weighted by Gasteiger charge is 2.25. The van der Waals surface area contributed by atoms with Gasteiger partial charge >= 0.3 is 0 Å². The Morgan fingerprint density at radius 2 is 1.57 bits per heavy atom. The monoisotopic (exact) mass is 350 g/mol. The summed E-state index contributed by atoms with van der Waals surface area (Å²) in [6, 6.07) is 0. The van der Waals surface area contributed by atoms with E-state index < -0.39 is 5.54 Å². The molecule has 8 heteroatoms. The first-order chi connectivity index (χ1) is 10.2. The second-order valence-corrected chi connectivity index (χ2v) is 6.24. The molecule has 0 bridgehead atoms. The summed E-state index contributed by atoms with van der Waals surface area (Å²) in [6.07, 6.45) is 1.03. The van der Waals surface area contributed by atoms with Gasteiger partial charge in [0.2, 0.25) is 17.7 Å². The number of amides is 3. The standard InChI is InChI=1S/C15H30N4O3.ClH/c1-11(2)9-15(4,10-16)19-14(22)6-5-13(21)18-8-7-17-12(3)20;/h11H,5-10,16H2,1-4H3,(H,17,20)(H,18,21)(H,19,22);1H. The fraction of sp³-hybridized carbons (Fsp3) is 0.800. The second-order valence-electron chi connectivity index (χ2n) is 6.24. The van der Waals surface area contributed by atoms with Crippen LogP contribution in [-0.4, -0.2) is 42.9 Å². The van der Waals surface area contributed by atoms with Crippen molar-refractivity contribution in [2.45, 2.75) is 52.5 Å². The zero-order valence-corrected chi connectivity index (χ0v) is 15.3. The molecule has 0 aromatic carbocycles. The molecule has 0 spiro atoms. The molecular formula is C15H31ClN4O3. The van der Waals surface area contributed by atoms with Crippen LogP contribution in [0.4, 0.5) is 0 Å². The van der Waals surface area contributed by atoms with E-state index in [9.17, 15) is 14.4 Å². The zero-order chi connectivity index (χ0) is 17.2. The predicted octanol–water partition coefficient (Wildman–Crippen LogP) is 0.320. The van der Waals surface area contributed by atoms with Gasteiger partial charge in [-0.05, 0) is 19.3 Å². The molecule has 0 aliphatic carbocycles. The average molecular weight is 351 g/mol. The van der Waals surface area contributed by atoms with Crippen LogP contribution in [0.15, 0.2) is 0 Å². The minimum absolute atomic E-state index is 0. The Kier molecular flexibility index (Phi) is 12.6. The van der Waals surface area contributed by atoms with Crippen molar-refractivity contribution in [2.24, 2.45) is 11.7 Å². The van der Waals surface area contributed by atoms with Gasteiger partial charge in [0.15, 0.2) is 0 Å². The highest BCUT2D eigenvalue weighted by molar-refractivity contribution is 5.85. The Morgan fingerprint density at radius 3 is 2.04 bits per heavy atom. The predicted molar refractivity (Wildman–Crippen MR) is 93.2 cm³/mol. The third kappa shape index (κ3) is 12.9. The summed E-state index contributed by atoms with van der Waals surface area (Å²) in [5, 5.41) is 8.13. The average Bonchev–Trinajstić information content (AvgIpc) is 2.40. The van der Waals surface area contributed by atoms with Gasteiger partial charge in [-0.2, -0.15) is 0 Å². The van der Waals surface area contributed by atoms with E-state index in [2.05, 4.69) is 29.8 Å². The number of halogens is 1. The van der Waals surface area contributed by atoms with Crippen LogP contribution >= 0.6 is 12.4 Å². The lowest BCUT2D eigenvalue weighted by molar-refractivity contribution is -0.127. The molecule has 0 aromatic rings. The summed E-state index contributed by atoms with van der Waals surface area (Å²) in [5.74, 6) is -0.102. The molecule has 0 aromatic heterocycles. The molecule has 5 N–H and O–H groups in total. The van der Waals surface area contributed by atoms with Gasteiger partial charge in [-0.25, -0.2) is 0 Å². The van der Waals surface area contributed by atoms with Crippen molar-refractivity contribution in [1.82, 2.24) is 16.0 Å². The van der Waals surface area contributed by atoms with Gasteiger partial charge in [0.25, 0.3) is 0 Å². The molecule has 0 rings (SSSR count). The van der Waals surface area contributed by atoms with Crippen LogP contribution < -0.4 is 21.7 Å². The number of nitrogens with one attached hydrogen (secondary N) is 3. The molecule has 3 amide bonds. The van der Waals surface area contributed by atoms with Crippen molar-refractivity contribution in [2.75, 3.05) is 19.6 Å². The van der Waals surface area contributed by atoms with E-state index in [1.54, 1.807) is 0 Å². The van der Waals surface area contributed by atoms with Crippen LogP contribution in [0, 0.1) is 5.92 Å². The lowest BCUT2D eigenvalue weighted by Crippen LogP contribution is -2.52. The maximum Gasteiger partial charge on any atom is 0.220 e. The molecule has 0 fully saturated rings. The van der Waals surface area contributed by atoms with E-state index in [1.165, 1.54) is 6.92 Å². The minimum atomic E-state index is -0.437. The summed E-state index contributed by atoms with van der Waals surface area (Å²) in [6.45, 7) is 8.57. The lowest BCUT2D eigenvalue weighted by Gasteiger charge is -2.31. The Morgan fingerprint density at radius 1 is 1.04 bits per heavy atom. The number of rotatable bonds is 10. The fourth-order valence-electron chi connectivity index (χ4n) is 2.24. The van der Waals surface area contributed by atoms with Crippen molar-refractivity contribution in [3.63, 3.8) is 0 Å². The second kappa shape index (κ2) is 12.1. The van der Waals surface area contributed by atoms with Crippen molar-refractivity contribution in [3.05, 3.63) is 0 Å². The first-order valence-electron chi connectivity index (χ1n) is 7.70. The van der Waals surface area contributed by atoms with Crippen LogP contribution in [0.3, 0.4) is 0 Å². The van der Waals surface area contributed by atoms with Gasteiger partial charge in [0.05, 0.1) is 0 Å². The molecule has 1 atom stereocenters. The summed E-state index contributed by atoms with van der Waals surface area (Å²) in [5.41, 5.74) is 5.30. The molecule has 0 saturated carbocycles. The molecule has 23 heavy (non-hydrogen) atoms. The normalized spacial score (nSPS) is 12.8. The van der Waals surface area contributed by atoms with E-state index in [-0.39, 0.29) is 43.0 Å². The van der Waals surface area contributed by atoms with Gasteiger partial charge in [0.1, 0.15) is 0 Å². The third-order valence-corrected chi connectivity index (χ3v) is 3.15. The summed E-state index contributed by atoms with van der Waals surface area (Å²) in [7, 11) is 0. The molecule has 0 radical (unpaired) electrons. The maximum absolute atomic E-state index is 11.9. The maximum atomic E-state index is 11.9. The van der Waals surface area contributed by atoms with E-state index in [0.29, 0.717) is 25.6 Å². The Bertz CT molecular complexity index is 391. The first kappa shape index (κ1) is 23.9. The summed E-state index contributed by atoms with van der Waals surface area (Å²) < 4.78 is 0. The molecule has 0 heterocycles. The zero-order valence-electron chi connectivity index (χ0n) is 14.5. The topological polar surface area (TPSA) is 113 Å². The third-order valence-electron chi connectivity index (χ3n) is 3.15. The van der Waals surface area contributed by atoms with Gasteiger partial charge in [-0.1, -0.05) is 13.8 Å². The highest BCUT2D eigenvalue weighted by Crippen LogP contribution is 2.15. The van der Waals surface area contributed by atoms with Gasteiger partial charge in [-0.15, -0.1) is 12.4 Å². The van der Waals surface area contributed by atoms with E-state index >= 15 is 0 Å². The molecule has 136 valence electrons. The Labute approximate surface area is 144 Å². The number of hydrogen-bond donors (Lipinski definition) is 4. The summed E-state index contributed by atoms with van der Waals surface area (Å²) in [4.78, 5) is 34.1. The van der Waals surface area contributed by atoms with Gasteiger partial charge in [0, 0.05) is 44.9 Å². The molecule has 7 nitrogen and oxygen atoms in total. The number of carbonyl (C=O) groups excluding carboxylic acids is 3. The van der Waals surface area contributed by atoms with Gasteiger partial charge < -0.3 is 21.7 Å². The largest absolute Gasteiger partial charge is 0.355 e. The lowest BCUT2D eigenvalue weighted by atomic mass is 9.90. The van der Waals surface area contributed by atoms with Crippen molar-refractivity contribution >= 4 is 30.1 Å². The fourth-order valence-corrected chi connectivity index (χ4v) is 2.24. The highest BCUT2D eigenvalue weighted by atomic mass is 35.5. The van der Waals surface area contributed by atoms with Crippen molar-refractivity contribution in [3.8, 4) is 0 Å². The number of hydrogen-bond acceptors (Lipinski definition) is 4. The van der Waals surface area contributed by atoms with Crippen molar-refractivity contribution in [1.29, 1.82) is 0 Å². The van der Waals surface area contributed by atoms with Crippen LogP contribution in [-0.2, 0) is 14.4 Å². The van der Waals surface area contributed by atoms with Crippen LogP contribution in [0.1, 0.15) is 47.0 Å². The Balaban J connectivity index is 0. The van der Waals surface area contributed by atoms with Crippen LogP contribution in [0.2, 0.25) is 0 Å². The van der Waals surface area contributed by atoms with Crippen LogP contribution in [0.5, 0.6) is 0 Å². The molecule has 0 aliphatic rings. The number of nitrogens with two attached hydrogens (primary N) is 1. The van der Waals surface area contributed by atoms with Crippen molar-refractivity contribution < 1.29 is 14.4 Å². The molecule has 0 saturated heterocycles. The molecule has 1 unspecified atom stereocenters.